The summed E-state index contributed by atoms with van der Waals surface area (Å²) in [5.41, 5.74) is 1.94. The maximum atomic E-state index is 15.2. The van der Waals surface area contributed by atoms with Gasteiger partial charge in [-0.15, -0.1) is 0 Å². The Morgan fingerprint density at radius 3 is 2.58 bits per heavy atom. The van der Waals surface area contributed by atoms with E-state index in [2.05, 4.69) is 31.4 Å². The van der Waals surface area contributed by atoms with Gasteiger partial charge in [0.2, 0.25) is 0 Å². The van der Waals surface area contributed by atoms with Gasteiger partial charge in [-0.3, -0.25) is 18.7 Å². The topological polar surface area (TPSA) is 111 Å². The summed E-state index contributed by atoms with van der Waals surface area (Å²) in [6.45, 7) is 1.79. The van der Waals surface area contributed by atoms with Crippen molar-refractivity contribution in [2.75, 3.05) is 0 Å². The van der Waals surface area contributed by atoms with Crippen LogP contribution in [0.2, 0.25) is 5.02 Å². The number of carbonyl (C=O) groups is 2. The summed E-state index contributed by atoms with van der Waals surface area (Å²) in [6.07, 6.45) is 3.71. The number of benzene rings is 3. The fourth-order valence-corrected chi connectivity index (χ4v) is 6.31. The summed E-state index contributed by atoms with van der Waals surface area (Å²) in [5.74, 6) is -0.768. The second-order valence-electron chi connectivity index (χ2n) is 11.8. The predicted molar refractivity (Wildman–Crippen MR) is 181 cm³/mol. The molecule has 1 saturated carbocycles. The molecule has 2 amide bonds. The molecule has 244 valence electrons. The second-order valence-corrected chi connectivity index (χ2v) is 13.1. The van der Waals surface area contributed by atoms with Crippen LogP contribution in [-0.2, 0) is 19.6 Å². The summed E-state index contributed by atoms with van der Waals surface area (Å²) in [6, 6.07) is 19.5. The highest BCUT2D eigenvalue weighted by molar-refractivity contribution is 9.10. The Morgan fingerprint density at radius 2 is 1.88 bits per heavy atom. The number of ether oxygens (including phenoxy) is 1. The average molecular weight is 732 g/mol. The number of halogens is 3. The number of aromatic nitrogens is 4. The first-order valence-electron chi connectivity index (χ1n) is 15.4. The zero-order chi connectivity index (χ0) is 33.5. The van der Waals surface area contributed by atoms with Crippen LogP contribution in [0.5, 0.6) is 5.75 Å². The molecule has 5 aromatic rings. The molecule has 0 saturated heterocycles. The normalized spacial score (nSPS) is 15.6. The van der Waals surface area contributed by atoms with E-state index in [1.807, 2.05) is 6.92 Å². The Kier molecular flexibility index (Phi) is 8.61. The van der Waals surface area contributed by atoms with Crippen molar-refractivity contribution >= 4 is 39.3 Å². The van der Waals surface area contributed by atoms with Crippen LogP contribution < -0.4 is 15.7 Å². The fraction of sp³-hybridized carbons (Fsp3) is 0.229. The second kappa shape index (κ2) is 13.0. The van der Waals surface area contributed by atoms with Crippen molar-refractivity contribution in [2.24, 2.45) is 0 Å². The predicted octanol–water partition coefficient (Wildman–Crippen LogP) is 6.17. The van der Waals surface area contributed by atoms with E-state index in [9.17, 15) is 14.4 Å². The Bertz CT molecular complexity index is 2100. The fourth-order valence-electron chi connectivity index (χ4n) is 5.88. The van der Waals surface area contributed by atoms with Gasteiger partial charge in [0.25, 0.3) is 11.8 Å². The standard InChI is InChI=1S/C35H29BrClFN6O4/c1-20-18-43-31(19-42(20)34(46)21-7-14-27(36)28(37)16-21)32(44(35(43)47)22-8-10-23(11-9-22)48-24-12-13-24)33(45)39-17-26-25(4-2-5-29(26)38)30-6-3-15-40-41-30/h2-11,14-16,20,24H,12-13,17-19H2,1H3,(H,39,45)/t20-/m0/s1. The first kappa shape index (κ1) is 31.8. The highest BCUT2D eigenvalue weighted by atomic mass is 79.9. The number of fused-ring (bicyclic) bond motifs is 1. The maximum absolute atomic E-state index is 15.2. The minimum atomic E-state index is -0.610. The minimum absolute atomic E-state index is 0.0217. The molecule has 2 aliphatic rings. The van der Waals surface area contributed by atoms with E-state index in [4.69, 9.17) is 16.3 Å². The Hall–Kier alpha value is -4.81. The maximum Gasteiger partial charge on any atom is 0.333 e. The SMILES string of the molecule is C[C@H]1Cn2c(c(C(=O)NCc3c(F)cccc3-c3cccnn3)n(-c3ccc(OC4CC4)cc3)c2=O)CN1C(=O)c1ccc(Br)c(Cl)c1. The molecule has 13 heteroatoms. The molecule has 2 aromatic heterocycles. The molecule has 1 N–H and O–H groups in total. The average Bonchev–Trinajstić information content (AvgIpc) is 3.87. The van der Waals surface area contributed by atoms with Crippen molar-refractivity contribution in [2.45, 2.75) is 51.5 Å². The molecule has 3 aromatic carbocycles. The number of rotatable bonds is 8. The van der Waals surface area contributed by atoms with Crippen LogP contribution in [0.1, 0.15) is 51.9 Å². The van der Waals surface area contributed by atoms with E-state index in [1.165, 1.54) is 21.4 Å². The van der Waals surface area contributed by atoms with Gasteiger partial charge in [0.1, 0.15) is 17.3 Å². The molecule has 48 heavy (non-hydrogen) atoms. The number of nitrogens with zero attached hydrogens (tertiary/aromatic N) is 5. The summed E-state index contributed by atoms with van der Waals surface area (Å²) in [5, 5.41) is 11.2. The van der Waals surface area contributed by atoms with E-state index in [1.54, 1.807) is 71.6 Å². The van der Waals surface area contributed by atoms with E-state index >= 15 is 4.39 Å². The van der Waals surface area contributed by atoms with Crippen molar-refractivity contribution < 1.29 is 18.7 Å². The third-order valence-electron chi connectivity index (χ3n) is 8.50. The van der Waals surface area contributed by atoms with Gasteiger partial charge in [-0.2, -0.15) is 10.2 Å². The first-order chi connectivity index (χ1) is 23.2. The number of nitrogens with one attached hydrogen (secondary N) is 1. The third kappa shape index (κ3) is 6.13. The quantitative estimate of drug-likeness (QED) is 0.205. The van der Waals surface area contributed by atoms with Crippen LogP contribution in [0.15, 0.2) is 88.3 Å². The Balaban J connectivity index is 1.27. The number of imidazole rings is 1. The molecule has 0 spiro atoms. The van der Waals surface area contributed by atoms with E-state index in [0.29, 0.717) is 43.4 Å². The third-order valence-corrected chi connectivity index (χ3v) is 9.73. The van der Waals surface area contributed by atoms with Crippen LogP contribution >= 0.6 is 27.5 Å². The van der Waals surface area contributed by atoms with Crippen LogP contribution in [0.3, 0.4) is 0 Å². The molecule has 1 aliphatic heterocycles. The molecule has 0 unspecified atom stereocenters. The monoisotopic (exact) mass is 730 g/mol. The molecule has 1 aliphatic carbocycles. The molecule has 1 fully saturated rings. The smallest absolute Gasteiger partial charge is 0.333 e. The molecular weight excluding hydrogens is 703 g/mol. The lowest BCUT2D eigenvalue weighted by atomic mass is 10.0. The van der Waals surface area contributed by atoms with Crippen LogP contribution in [-0.4, -0.2) is 48.2 Å². The summed E-state index contributed by atoms with van der Waals surface area (Å²) in [7, 11) is 0. The van der Waals surface area contributed by atoms with Gasteiger partial charge in [0, 0.05) is 46.5 Å². The van der Waals surface area contributed by atoms with Gasteiger partial charge in [0.05, 0.1) is 34.7 Å². The summed E-state index contributed by atoms with van der Waals surface area (Å²) < 4.78 is 24.6. The molecule has 0 bridgehead atoms. The van der Waals surface area contributed by atoms with Crippen LogP contribution in [0, 0.1) is 5.82 Å². The van der Waals surface area contributed by atoms with Crippen molar-refractivity contribution in [1.29, 1.82) is 0 Å². The largest absolute Gasteiger partial charge is 0.490 e. The van der Waals surface area contributed by atoms with Gasteiger partial charge < -0.3 is 15.0 Å². The highest BCUT2D eigenvalue weighted by Crippen LogP contribution is 2.30. The number of hydrogen-bond donors (Lipinski definition) is 1. The van der Waals surface area contributed by atoms with Crippen molar-refractivity contribution in [3.05, 3.63) is 127 Å². The summed E-state index contributed by atoms with van der Waals surface area (Å²) in [4.78, 5) is 43.7. The zero-order valence-electron chi connectivity index (χ0n) is 25.7. The lowest BCUT2D eigenvalue weighted by Crippen LogP contribution is -2.47. The molecule has 3 heterocycles. The van der Waals surface area contributed by atoms with E-state index < -0.39 is 17.4 Å². The zero-order valence-corrected chi connectivity index (χ0v) is 28.0. The highest BCUT2D eigenvalue weighted by Gasteiger charge is 2.35. The van der Waals surface area contributed by atoms with Crippen molar-refractivity contribution in [1.82, 2.24) is 29.5 Å². The molecular formula is C35H29BrClFN6O4. The van der Waals surface area contributed by atoms with Gasteiger partial charge in [-0.05, 0) is 96.4 Å². The first-order valence-corrected chi connectivity index (χ1v) is 16.6. The Morgan fingerprint density at radius 1 is 1.08 bits per heavy atom. The van der Waals surface area contributed by atoms with Gasteiger partial charge in [-0.25, -0.2) is 9.18 Å². The van der Waals surface area contributed by atoms with Crippen LogP contribution in [0.25, 0.3) is 16.9 Å². The molecule has 0 radical (unpaired) electrons. The van der Waals surface area contributed by atoms with Crippen LogP contribution in [0.4, 0.5) is 4.39 Å². The number of hydrogen-bond acceptors (Lipinski definition) is 6. The van der Waals surface area contributed by atoms with Crippen molar-refractivity contribution in [3.63, 3.8) is 0 Å². The van der Waals surface area contributed by atoms with Gasteiger partial charge in [0.15, 0.2) is 0 Å². The lowest BCUT2D eigenvalue weighted by molar-refractivity contribution is 0.0610. The number of amides is 2. The van der Waals surface area contributed by atoms with E-state index in [0.717, 1.165) is 12.8 Å². The molecule has 7 rings (SSSR count). The number of carbonyl (C=O) groups excluding carboxylic acids is 2. The molecule has 1 atom stereocenters. The van der Waals surface area contributed by atoms with Gasteiger partial charge >= 0.3 is 5.69 Å². The summed E-state index contributed by atoms with van der Waals surface area (Å²) >= 11 is 9.66. The Labute approximate surface area is 288 Å². The van der Waals surface area contributed by atoms with Crippen molar-refractivity contribution in [3.8, 4) is 22.7 Å². The van der Waals surface area contributed by atoms with Gasteiger partial charge in [-0.1, -0.05) is 23.7 Å². The lowest BCUT2D eigenvalue weighted by Gasteiger charge is -2.34. The molecule has 10 nitrogen and oxygen atoms in total. The van der Waals surface area contributed by atoms with E-state index in [-0.39, 0.29) is 48.9 Å². The minimum Gasteiger partial charge on any atom is -0.490 e.